The Bertz CT molecular complexity index is 869. The molecule has 5 nitrogen and oxygen atoms in total. The van der Waals surface area contributed by atoms with Gasteiger partial charge in [0.1, 0.15) is 6.54 Å². The number of hydrogen-bond acceptors (Lipinski definition) is 3. The number of para-hydroxylation sites is 1. The maximum atomic E-state index is 12.3. The maximum absolute atomic E-state index is 12.3. The Labute approximate surface area is 158 Å². The minimum Gasteiger partial charge on any atom is -0.324 e. The van der Waals surface area contributed by atoms with Gasteiger partial charge in [0.15, 0.2) is 0 Å². The lowest BCUT2D eigenvalue weighted by Gasteiger charge is -2.23. The first-order valence-corrected chi connectivity index (χ1v) is 10.4. The summed E-state index contributed by atoms with van der Waals surface area (Å²) >= 11 is 6.68. The van der Waals surface area contributed by atoms with Crippen LogP contribution in [-0.4, -0.2) is 27.1 Å². The molecule has 8 heteroatoms. The van der Waals surface area contributed by atoms with Gasteiger partial charge in [0.05, 0.1) is 11.9 Å². The zero-order valence-corrected chi connectivity index (χ0v) is 17.1. The lowest BCUT2D eigenvalue weighted by Crippen LogP contribution is -2.37. The molecule has 0 saturated carbocycles. The number of aryl methyl sites for hydroxylation is 1. The second-order valence-electron chi connectivity index (χ2n) is 5.23. The third kappa shape index (κ3) is 4.81. The molecule has 128 valence electrons. The predicted molar refractivity (Wildman–Crippen MR) is 104 cm³/mol. The van der Waals surface area contributed by atoms with Gasteiger partial charge >= 0.3 is 0 Å². The number of nitrogens with zero attached hydrogens (tertiary/aromatic N) is 1. The fourth-order valence-electron chi connectivity index (χ4n) is 2.12. The molecular weight excluding hydrogens is 460 g/mol. The minimum atomic E-state index is -3.61. The van der Waals surface area contributed by atoms with Crippen molar-refractivity contribution in [3.8, 4) is 0 Å². The Morgan fingerprint density at radius 3 is 2.42 bits per heavy atom. The summed E-state index contributed by atoms with van der Waals surface area (Å²) in [6, 6.07) is 12.3. The van der Waals surface area contributed by atoms with Gasteiger partial charge < -0.3 is 5.32 Å². The van der Waals surface area contributed by atoms with Crippen molar-refractivity contribution < 1.29 is 13.2 Å². The molecule has 0 aliphatic heterocycles. The number of sulfonamides is 1. The number of anilines is 2. The van der Waals surface area contributed by atoms with E-state index in [1.165, 1.54) is 0 Å². The van der Waals surface area contributed by atoms with E-state index in [1.807, 2.05) is 19.1 Å². The van der Waals surface area contributed by atoms with Crippen molar-refractivity contribution in [1.29, 1.82) is 0 Å². The van der Waals surface area contributed by atoms with Crippen molar-refractivity contribution >= 4 is 59.2 Å². The Kier molecular flexibility index (Phi) is 6.06. The van der Waals surface area contributed by atoms with Gasteiger partial charge in [0, 0.05) is 14.6 Å². The first kappa shape index (κ1) is 19.0. The molecule has 0 atom stereocenters. The normalized spacial score (nSPS) is 11.2. The van der Waals surface area contributed by atoms with Gasteiger partial charge in [0.25, 0.3) is 0 Å². The Hall–Kier alpha value is -1.38. The molecule has 0 bridgehead atoms. The van der Waals surface area contributed by atoms with Crippen LogP contribution in [0.15, 0.2) is 51.4 Å². The molecule has 0 unspecified atom stereocenters. The zero-order chi connectivity index (χ0) is 17.9. The molecule has 24 heavy (non-hydrogen) atoms. The third-order valence-corrected chi connectivity index (χ3v) is 5.56. The van der Waals surface area contributed by atoms with Gasteiger partial charge in [-0.3, -0.25) is 9.10 Å². The van der Waals surface area contributed by atoms with Crippen molar-refractivity contribution in [2.24, 2.45) is 0 Å². The molecule has 0 heterocycles. The summed E-state index contributed by atoms with van der Waals surface area (Å²) in [6.45, 7) is 1.56. The highest BCUT2D eigenvalue weighted by molar-refractivity contribution is 9.10. The first-order chi connectivity index (χ1) is 11.2. The van der Waals surface area contributed by atoms with Gasteiger partial charge in [-0.15, -0.1) is 0 Å². The predicted octanol–water partition coefficient (Wildman–Crippen LogP) is 3.92. The minimum absolute atomic E-state index is 0.309. The Morgan fingerprint density at radius 2 is 1.83 bits per heavy atom. The molecule has 0 spiro atoms. The second-order valence-corrected chi connectivity index (χ2v) is 8.91. The van der Waals surface area contributed by atoms with Crippen LogP contribution in [0.3, 0.4) is 0 Å². The molecule has 0 aromatic heterocycles. The first-order valence-electron chi connectivity index (χ1n) is 6.97. The quantitative estimate of drug-likeness (QED) is 0.712. The van der Waals surface area contributed by atoms with Gasteiger partial charge in [-0.25, -0.2) is 8.42 Å². The number of carbonyl (C=O) groups excluding carboxylic acids is 1. The molecule has 0 radical (unpaired) electrons. The zero-order valence-electron chi connectivity index (χ0n) is 13.1. The number of rotatable bonds is 5. The molecule has 2 aromatic rings. The van der Waals surface area contributed by atoms with Gasteiger partial charge in [-0.2, -0.15) is 0 Å². The smallest absolute Gasteiger partial charge is 0.245 e. The highest BCUT2D eigenvalue weighted by Crippen LogP contribution is 2.27. The summed E-state index contributed by atoms with van der Waals surface area (Å²) in [5.74, 6) is -0.415. The van der Waals surface area contributed by atoms with Crippen LogP contribution in [0.4, 0.5) is 11.4 Å². The van der Waals surface area contributed by atoms with Crippen LogP contribution < -0.4 is 9.62 Å². The fourth-order valence-corrected chi connectivity index (χ4v) is 4.08. The second kappa shape index (κ2) is 7.67. The highest BCUT2D eigenvalue weighted by Gasteiger charge is 2.22. The average Bonchev–Trinajstić information content (AvgIpc) is 2.47. The number of halogens is 2. The van der Waals surface area contributed by atoms with Crippen LogP contribution in [0, 0.1) is 6.92 Å². The van der Waals surface area contributed by atoms with Crippen LogP contribution in [0.25, 0.3) is 0 Å². The largest absolute Gasteiger partial charge is 0.324 e. The summed E-state index contributed by atoms with van der Waals surface area (Å²) in [6.07, 6.45) is 1.07. The van der Waals surface area contributed by atoms with E-state index in [0.717, 1.165) is 20.6 Å². The molecule has 0 aliphatic rings. The van der Waals surface area contributed by atoms with Crippen molar-refractivity contribution in [2.45, 2.75) is 6.92 Å². The van der Waals surface area contributed by atoms with Crippen LogP contribution in [-0.2, 0) is 14.8 Å². The molecule has 0 saturated heterocycles. The van der Waals surface area contributed by atoms with Crippen LogP contribution in [0.1, 0.15) is 5.56 Å². The van der Waals surface area contributed by atoms with Crippen molar-refractivity contribution in [3.05, 3.63) is 57.0 Å². The SMILES string of the molecule is Cc1cc(Br)ccc1NC(=O)CN(c1ccccc1Br)S(C)(=O)=O. The lowest BCUT2D eigenvalue weighted by atomic mass is 10.2. The molecule has 2 aromatic carbocycles. The number of carbonyl (C=O) groups is 1. The summed E-state index contributed by atoms with van der Waals surface area (Å²) < 4.78 is 26.8. The van der Waals surface area contributed by atoms with Crippen LogP contribution >= 0.6 is 31.9 Å². The molecule has 1 amide bonds. The summed E-state index contributed by atoms with van der Waals surface area (Å²) in [4.78, 5) is 12.3. The number of nitrogens with one attached hydrogen (secondary N) is 1. The van der Waals surface area contributed by atoms with E-state index in [1.54, 1.807) is 30.3 Å². The van der Waals surface area contributed by atoms with Crippen molar-refractivity contribution in [1.82, 2.24) is 0 Å². The molecular formula is C16H16Br2N2O3S. The van der Waals surface area contributed by atoms with Crippen molar-refractivity contribution in [3.63, 3.8) is 0 Å². The van der Waals surface area contributed by atoms with Gasteiger partial charge in [0.2, 0.25) is 15.9 Å². The summed E-state index contributed by atoms with van der Waals surface area (Å²) in [7, 11) is -3.61. The monoisotopic (exact) mass is 474 g/mol. The topological polar surface area (TPSA) is 66.5 Å². The molecule has 1 N–H and O–H groups in total. The fraction of sp³-hybridized carbons (Fsp3) is 0.188. The molecule has 0 aliphatic carbocycles. The molecule has 0 fully saturated rings. The summed E-state index contributed by atoms with van der Waals surface area (Å²) in [5, 5.41) is 2.75. The van der Waals surface area contributed by atoms with E-state index >= 15 is 0 Å². The number of hydrogen-bond donors (Lipinski definition) is 1. The maximum Gasteiger partial charge on any atom is 0.245 e. The Balaban J connectivity index is 2.24. The van der Waals surface area contributed by atoms with Crippen LogP contribution in [0.5, 0.6) is 0 Å². The van der Waals surface area contributed by atoms with E-state index in [4.69, 9.17) is 0 Å². The van der Waals surface area contributed by atoms with E-state index < -0.39 is 15.9 Å². The Morgan fingerprint density at radius 1 is 1.17 bits per heavy atom. The van der Waals surface area contributed by atoms with E-state index in [0.29, 0.717) is 15.8 Å². The number of amides is 1. The van der Waals surface area contributed by atoms with Gasteiger partial charge in [-0.1, -0.05) is 28.1 Å². The standard InChI is InChI=1S/C16H16Br2N2O3S/c1-11-9-12(17)7-8-14(11)19-16(21)10-20(24(2,22)23)15-6-4-3-5-13(15)18/h3-9H,10H2,1-2H3,(H,19,21). The summed E-state index contributed by atoms with van der Waals surface area (Å²) in [5.41, 5.74) is 1.94. The van der Waals surface area contributed by atoms with Crippen molar-refractivity contribution in [2.75, 3.05) is 22.4 Å². The van der Waals surface area contributed by atoms with Gasteiger partial charge in [-0.05, 0) is 58.7 Å². The highest BCUT2D eigenvalue weighted by atomic mass is 79.9. The number of benzene rings is 2. The average molecular weight is 476 g/mol. The lowest BCUT2D eigenvalue weighted by molar-refractivity contribution is -0.114. The van der Waals surface area contributed by atoms with E-state index in [-0.39, 0.29) is 6.54 Å². The molecule has 2 rings (SSSR count). The van der Waals surface area contributed by atoms with E-state index in [2.05, 4.69) is 37.2 Å². The third-order valence-electron chi connectivity index (χ3n) is 3.27. The van der Waals surface area contributed by atoms with Crippen LogP contribution in [0.2, 0.25) is 0 Å². The van der Waals surface area contributed by atoms with E-state index in [9.17, 15) is 13.2 Å².